The first-order valence-electron chi connectivity index (χ1n) is 10.5. The van der Waals surface area contributed by atoms with Crippen LogP contribution in [0.2, 0.25) is 0 Å². The fraction of sp³-hybridized carbons (Fsp3) is 0.480. The lowest BCUT2D eigenvalue weighted by atomic mass is 9.58. The van der Waals surface area contributed by atoms with Gasteiger partial charge < -0.3 is 19.3 Å². The highest BCUT2D eigenvalue weighted by molar-refractivity contribution is 14.1. The van der Waals surface area contributed by atoms with Gasteiger partial charge in [0.05, 0.1) is 30.8 Å². The van der Waals surface area contributed by atoms with Gasteiger partial charge in [0, 0.05) is 18.1 Å². The van der Waals surface area contributed by atoms with Crippen LogP contribution in [0.3, 0.4) is 0 Å². The molecule has 0 aromatic heterocycles. The van der Waals surface area contributed by atoms with Crippen LogP contribution in [0, 0.1) is 5.41 Å². The average molecular weight is 540 g/mol. The number of methoxy groups -OCH3 is 1. The Morgan fingerprint density at radius 2 is 1.42 bits per heavy atom. The summed E-state index contributed by atoms with van der Waals surface area (Å²) >= 11 is 2.31. The summed E-state index contributed by atoms with van der Waals surface area (Å²) in [6.07, 6.45) is 1.65. The molecule has 1 aliphatic rings. The molecule has 0 unspecified atom stereocenters. The fourth-order valence-corrected chi connectivity index (χ4v) is 4.12. The Morgan fingerprint density at radius 3 is 1.84 bits per heavy atom. The quantitative estimate of drug-likeness (QED) is 0.232. The van der Waals surface area contributed by atoms with Gasteiger partial charge in [0.2, 0.25) is 0 Å². The number of carbonyl (C=O) groups is 1. The molecule has 31 heavy (non-hydrogen) atoms. The summed E-state index contributed by atoms with van der Waals surface area (Å²) in [5.41, 5.74) is 1.38. The second kappa shape index (κ2) is 13.2. The molecular formula is C25H33IO5. The van der Waals surface area contributed by atoms with Crippen molar-refractivity contribution in [3.63, 3.8) is 0 Å². The topological polar surface area (TPSA) is 65.0 Å². The normalized spacial score (nSPS) is 22.2. The van der Waals surface area contributed by atoms with Gasteiger partial charge in [0.1, 0.15) is 0 Å². The predicted molar refractivity (Wildman–Crippen MR) is 130 cm³/mol. The minimum absolute atomic E-state index is 0.294. The third kappa shape index (κ3) is 8.52. The van der Waals surface area contributed by atoms with Gasteiger partial charge in [0.15, 0.2) is 0 Å². The molecule has 6 heteroatoms. The summed E-state index contributed by atoms with van der Waals surface area (Å²) in [6.45, 7) is 4.53. The van der Waals surface area contributed by atoms with Crippen molar-refractivity contribution in [2.45, 2.75) is 45.0 Å². The van der Waals surface area contributed by atoms with E-state index in [1.54, 1.807) is 7.11 Å². The number of rotatable bonds is 11. The highest BCUT2D eigenvalue weighted by Gasteiger charge is 2.56. The van der Waals surface area contributed by atoms with Crippen molar-refractivity contribution < 1.29 is 24.1 Å². The molecule has 3 rings (SSSR count). The average Bonchev–Trinajstić information content (AvgIpc) is 2.77. The molecule has 0 radical (unpaired) electrons. The van der Waals surface area contributed by atoms with Crippen LogP contribution in [-0.2, 0) is 32.2 Å². The standard InChI is InChI=1S/C16H22O4.C9H11IO/c1-15(19-2)11-16(12-15,14(17)18)8-9-20-10-13-6-4-3-5-7-13;10-6-7-11-8-9-4-2-1-3-5-9/h3-7H,8-12H2,1-2H3,(H,17,18);1-5H,6-8H2. The van der Waals surface area contributed by atoms with E-state index in [0.717, 1.165) is 23.2 Å². The molecule has 0 heterocycles. The Hall–Kier alpha value is -1.48. The molecule has 1 aliphatic carbocycles. The van der Waals surface area contributed by atoms with Crippen LogP contribution in [0.15, 0.2) is 60.7 Å². The van der Waals surface area contributed by atoms with Crippen molar-refractivity contribution in [1.82, 2.24) is 0 Å². The fourth-order valence-electron chi connectivity index (χ4n) is 3.81. The van der Waals surface area contributed by atoms with Crippen LogP contribution in [0.4, 0.5) is 0 Å². The summed E-state index contributed by atoms with van der Waals surface area (Å²) in [6, 6.07) is 20.1. The number of hydrogen-bond acceptors (Lipinski definition) is 4. The molecule has 1 fully saturated rings. The van der Waals surface area contributed by atoms with Gasteiger partial charge in [-0.15, -0.1) is 0 Å². The van der Waals surface area contributed by atoms with Gasteiger partial charge in [0.25, 0.3) is 0 Å². The van der Waals surface area contributed by atoms with Gasteiger partial charge in [-0.05, 0) is 37.3 Å². The van der Waals surface area contributed by atoms with Crippen LogP contribution >= 0.6 is 22.6 Å². The zero-order valence-electron chi connectivity index (χ0n) is 18.4. The van der Waals surface area contributed by atoms with Crippen molar-refractivity contribution in [1.29, 1.82) is 0 Å². The minimum atomic E-state index is -0.740. The van der Waals surface area contributed by atoms with E-state index in [4.69, 9.17) is 14.2 Å². The van der Waals surface area contributed by atoms with Gasteiger partial charge in [-0.25, -0.2) is 0 Å². The first-order chi connectivity index (χ1) is 14.9. The molecule has 1 N–H and O–H groups in total. The van der Waals surface area contributed by atoms with Gasteiger partial charge in [-0.3, -0.25) is 4.79 Å². The van der Waals surface area contributed by atoms with Crippen molar-refractivity contribution in [2.24, 2.45) is 5.41 Å². The van der Waals surface area contributed by atoms with Gasteiger partial charge in [-0.2, -0.15) is 0 Å². The monoisotopic (exact) mass is 540 g/mol. The third-order valence-corrected chi connectivity index (χ3v) is 5.98. The second-order valence-electron chi connectivity index (χ2n) is 8.11. The molecule has 2 aromatic rings. The van der Waals surface area contributed by atoms with Crippen molar-refractivity contribution in [2.75, 3.05) is 24.8 Å². The van der Waals surface area contributed by atoms with E-state index in [-0.39, 0.29) is 5.60 Å². The number of hydrogen-bond donors (Lipinski definition) is 1. The first kappa shape index (κ1) is 25.8. The van der Waals surface area contributed by atoms with Crippen LogP contribution in [0.5, 0.6) is 0 Å². The van der Waals surface area contributed by atoms with E-state index in [1.807, 2.05) is 55.5 Å². The molecule has 0 saturated heterocycles. The number of carboxylic acids is 1. The van der Waals surface area contributed by atoms with E-state index in [2.05, 4.69) is 34.7 Å². The zero-order chi connectivity index (χ0) is 22.6. The maximum Gasteiger partial charge on any atom is 0.309 e. The van der Waals surface area contributed by atoms with Crippen molar-refractivity contribution in [3.05, 3.63) is 71.8 Å². The number of ether oxygens (including phenoxy) is 3. The maximum atomic E-state index is 11.5. The van der Waals surface area contributed by atoms with E-state index >= 15 is 0 Å². The molecule has 0 aliphatic heterocycles. The first-order valence-corrected chi connectivity index (χ1v) is 12.0. The maximum absolute atomic E-state index is 11.5. The highest BCUT2D eigenvalue weighted by atomic mass is 127. The summed E-state index contributed by atoms with van der Waals surface area (Å²) in [7, 11) is 1.64. The molecule has 0 spiro atoms. The molecule has 1 saturated carbocycles. The van der Waals surface area contributed by atoms with Gasteiger partial charge in [-0.1, -0.05) is 83.3 Å². The molecular weight excluding hydrogens is 507 g/mol. The predicted octanol–water partition coefficient (Wildman–Crippen LogP) is 5.50. The highest BCUT2D eigenvalue weighted by Crippen LogP contribution is 2.52. The van der Waals surface area contributed by atoms with E-state index in [1.165, 1.54) is 5.56 Å². The van der Waals surface area contributed by atoms with Crippen molar-refractivity contribution in [3.8, 4) is 0 Å². The lowest BCUT2D eigenvalue weighted by Gasteiger charge is -2.51. The Kier molecular flexibility index (Phi) is 10.9. The lowest BCUT2D eigenvalue weighted by molar-refractivity contribution is -0.187. The number of benzene rings is 2. The van der Waals surface area contributed by atoms with E-state index < -0.39 is 11.4 Å². The third-order valence-electron chi connectivity index (χ3n) is 5.54. The minimum Gasteiger partial charge on any atom is -0.481 e. The molecule has 0 atom stereocenters. The van der Waals surface area contributed by atoms with Crippen LogP contribution in [0.25, 0.3) is 0 Å². The molecule has 2 aromatic carbocycles. The SMILES string of the molecule is COC1(C)CC(CCOCc2ccccc2)(C(=O)O)C1.ICCOCc1ccccc1. The van der Waals surface area contributed by atoms with Crippen LogP contribution in [-0.4, -0.2) is 41.4 Å². The largest absolute Gasteiger partial charge is 0.481 e. The number of alkyl halides is 1. The summed E-state index contributed by atoms with van der Waals surface area (Å²) in [5.74, 6) is -0.740. The Bertz CT molecular complexity index is 760. The van der Waals surface area contributed by atoms with Crippen molar-refractivity contribution >= 4 is 28.6 Å². The van der Waals surface area contributed by atoms with Crippen LogP contribution < -0.4 is 0 Å². The Balaban J connectivity index is 0.000000262. The summed E-state index contributed by atoms with van der Waals surface area (Å²) in [5, 5.41) is 9.42. The van der Waals surface area contributed by atoms with E-state index in [9.17, 15) is 9.90 Å². The molecule has 0 bridgehead atoms. The number of halogens is 1. The van der Waals surface area contributed by atoms with Gasteiger partial charge >= 0.3 is 5.97 Å². The van der Waals surface area contributed by atoms with Crippen LogP contribution in [0.1, 0.15) is 37.3 Å². The smallest absolute Gasteiger partial charge is 0.309 e. The molecule has 0 amide bonds. The summed E-state index contributed by atoms with van der Waals surface area (Å²) in [4.78, 5) is 11.5. The zero-order valence-corrected chi connectivity index (χ0v) is 20.5. The second-order valence-corrected chi connectivity index (χ2v) is 9.19. The Labute approximate surface area is 199 Å². The lowest BCUT2D eigenvalue weighted by Crippen LogP contribution is -2.55. The Morgan fingerprint density at radius 1 is 0.935 bits per heavy atom. The number of carboxylic acid groups (broad SMARTS) is 1. The number of aliphatic carboxylic acids is 1. The summed E-state index contributed by atoms with van der Waals surface area (Å²) < 4.78 is 17.4. The molecule has 5 nitrogen and oxygen atoms in total. The van der Waals surface area contributed by atoms with E-state index in [0.29, 0.717) is 32.5 Å². The molecule has 170 valence electrons.